The molecule has 0 aromatic heterocycles. The summed E-state index contributed by atoms with van der Waals surface area (Å²) in [6.07, 6.45) is 11.9. The van der Waals surface area contributed by atoms with Gasteiger partial charge in [0.1, 0.15) is 12.7 Å². The number of fused-ring (bicyclic) bond motifs is 5. The first-order chi connectivity index (χ1) is 18.8. The Morgan fingerprint density at radius 1 is 1.00 bits per heavy atom. The van der Waals surface area contributed by atoms with E-state index >= 15 is 0 Å². The zero-order valence-corrected chi connectivity index (χ0v) is 25.9. The predicted molar refractivity (Wildman–Crippen MR) is 155 cm³/mol. The number of carbonyl (C=O) groups is 3. The summed E-state index contributed by atoms with van der Waals surface area (Å²) >= 11 is 0. The van der Waals surface area contributed by atoms with Crippen molar-refractivity contribution < 1.29 is 29.0 Å². The molecule has 0 radical (unpaired) electrons. The number of nitrogens with one attached hydrogen (secondary N) is 1. The molecule has 4 rings (SSSR count). The lowest BCUT2D eigenvalue weighted by Crippen LogP contribution is -2.54. The molecule has 7 nitrogen and oxygen atoms in total. The van der Waals surface area contributed by atoms with E-state index in [1.165, 1.54) is 38.5 Å². The number of rotatable bonds is 10. The molecule has 9 atom stereocenters. The Bertz CT molecular complexity index is 934. The monoisotopic (exact) mass is 561 g/mol. The molecule has 0 spiro atoms. The number of alkyl carbamates (subject to hydrolysis) is 1. The van der Waals surface area contributed by atoms with E-state index in [2.05, 4.69) is 26.1 Å². The second kappa shape index (κ2) is 12.2. The van der Waals surface area contributed by atoms with E-state index < -0.39 is 17.5 Å². The average molecular weight is 562 g/mol. The van der Waals surface area contributed by atoms with Crippen molar-refractivity contribution in [2.24, 2.45) is 51.8 Å². The maximum atomic E-state index is 12.5. The average Bonchev–Trinajstić information content (AvgIpc) is 3.27. The summed E-state index contributed by atoms with van der Waals surface area (Å²) < 4.78 is 11.2. The van der Waals surface area contributed by atoms with Crippen molar-refractivity contribution in [3.05, 3.63) is 0 Å². The fraction of sp³-hybridized carbons (Fsp3) is 0.909. The van der Waals surface area contributed by atoms with E-state index in [0.717, 1.165) is 43.4 Å². The van der Waals surface area contributed by atoms with Crippen LogP contribution in [0.4, 0.5) is 4.79 Å². The van der Waals surface area contributed by atoms with Crippen molar-refractivity contribution in [1.82, 2.24) is 5.32 Å². The van der Waals surface area contributed by atoms with Crippen molar-refractivity contribution in [2.45, 2.75) is 125 Å². The van der Waals surface area contributed by atoms with Crippen molar-refractivity contribution >= 4 is 18.0 Å². The number of carboxylic acids is 1. The summed E-state index contributed by atoms with van der Waals surface area (Å²) in [5, 5.41) is 12.0. The molecule has 7 heteroatoms. The number of hydrogen-bond donors (Lipinski definition) is 2. The van der Waals surface area contributed by atoms with E-state index in [4.69, 9.17) is 9.47 Å². The first kappa shape index (κ1) is 31.2. The van der Waals surface area contributed by atoms with Gasteiger partial charge in [-0.3, -0.25) is 9.59 Å². The van der Waals surface area contributed by atoms with Gasteiger partial charge < -0.3 is 19.9 Å². The lowest BCUT2D eigenvalue weighted by Gasteiger charge is -2.61. The lowest BCUT2D eigenvalue weighted by molar-refractivity contribution is -0.154. The van der Waals surface area contributed by atoms with Crippen molar-refractivity contribution in [2.75, 3.05) is 13.2 Å². The summed E-state index contributed by atoms with van der Waals surface area (Å²) in [5.74, 6) is 3.08. The molecule has 0 aromatic rings. The predicted octanol–water partition coefficient (Wildman–Crippen LogP) is 7.22. The normalized spacial score (nSPS) is 37.9. The summed E-state index contributed by atoms with van der Waals surface area (Å²) in [6, 6.07) is 0. The highest BCUT2D eigenvalue weighted by atomic mass is 16.6. The van der Waals surface area contributed by atoms with Crippen LogP contribution in [-0.2, 0) is 19.1 Å². The number of aliphatic carboxylic acids is 1. The molecule has 0 aliphatic heterocycles. The van der Waals surface area contributed by atoms with Crippen LogP contribution in [0.2, 0.25) is 0 Å². The van der Waals surface area contributed by atoms with Gasteiger partial charge in [0, 0.05) is 6.42 Å². The molecule has 4 fully saturated rings. The van der Waals surface area contributed by atoms with Gasteiger partial charge in [-0.1, -0.05) is 27.7 Å². The third-order valence-corrected chi connectivity index (χ3v) is 12.5. The van der Waals surface area contributed by atoms with Gasteiger partial charge in [-0.2, -0.15) is 0 Å². The zero-order chi connectivity index (χ0) is 29.3. The number of hydrogen-bond acceptors (Lipinski definition) is 5. The number of amides is 1. The van der Waals surface area contributed by atoms with Gasteiger partial charge in [0.05, 0.1) is 12.0 Å². The quantitative estimate of drug-likeness (QED) is 0.216. The fourth-order valence-corrected chi connectivity index (χ4v) is 9.68. The molecule has 4 aliphatic rings. The van der Waals surface area contributed by atoms with Gasteiger partial charge in [-0.25, -0.2) is 4.79 Å². The van der Waals surface area contributed by atoms with Crippen molar-refractivity contribution in [1.29, 1.82) is 0 Å². The highest BCUT2D eigenvalue weighted by Gasteiger charge is 2.60. The molecule has 1 amide bonds. The molecule has 0 bridgehead atoms. The molecule has 4 saturated carbocycles. The molecule has 0 saturated heterocycles. The van der Waals surface area contributed by atoms with Crippen molar-refractivity contribution in [3.63, 3.8) is 0 Å². The molecule has 4 aliphatic carbocycles. The smallest absolute Gasteiger partial charge is 0.407 e. The Kier molecular flexibility index (Phi) is 9.51. The highest BCUT2D eigenvalue weighted by Crippen LogP contribution is 2.68. The first-order valence-corrected chi connectivity index (χ1v) is 16.1. The molecular weight excluding hydrogens is 506 g/mol. The topological polar surface area (TPSA) is 102 Å². The van der Waals surface area contributed by atoms with Crippen LogP contribution < -0.4 is 5.32 Å². The molecule has 8 unspecified atom stereocenters. The summed E-state index contributed by atoms with van der Waals surface area (Å²) in [4.78, 5) is 35.8. The second-order valence-electron chi connectivity index (χ2n) is 14.9. The van der Waals surface area contributed by atoms with E-state index in [1.54, 1.807) is 0 Å². The van der Waals surface area contributed by atoms with Crippen molar-refractivity contribution in [3.8, 4) is 0 Å². The SMILES string of the molecule is CCC(C)(C)C(=O)OCCNC(=O)O[C@@H]1CCC2(C)C(CCC3C2CCC2(C)C(C(C)CCC(=O)O)CCC32)C1. The van der Waals surface area contributed by atoms with Crippen LogP contribution in [0.5, 0.6) is 0 Å². The van der Waals surface area contributed by atoms with Gasteiger partial charge in [0.2, 0.25) is 0 Å². The molecule has 228 valence electrons. The number of esters is 1. The number of carboxylic acid groups (broad SMARTS) is 1. The first-order valence-electron chi connectivity index (χ1n) is 16.1. The standard InChI is InChI=1S/C33H55NO6/c1-7-31(3,4)29(37)39-19-18-34-30(38)40-23-14-16-32(5)22(20-23)9-10-24-26-12-11-25(21(2)8-13-28(35)36)33(26,6)17-15-27(24)32/h21-27H,7-20H2,1-6H3,(H,34,38)(H,35,36)/t21?,22?,23-,24?,25?,26?,27?,32?,33?/m1/s1. The Labute approximate surface area is 241 Å². The van der Waals surface area contributed by atoms with E-state index in [1.807, 2.05) is 20.8 Å². The Hall–Kier alpha value is -1.79. The molecule has 2 N–H and O–H groups in total. The molecule has 0 aromatic carbocycles. The second-order valence-corrected chi connectivity index (χ2v) is 14.9. The van der Waals surface area contributed by atoms with Gasteiger partial charge in [-0.15, -0.1) is 0 Å². The van der Waals surface area contributed by atoms with Crippen LogP contribution in [0.15, 0.2) is 0 Å². The van der Waals surface area contributed by atoms with Gasteiger partial charge in [-0.05, 0) is 131 Å². The number of carbonyl (C=O) groups excluding carboxylic acids is 2. The highest BCUT2D eigenvalue weighted by molar-refractivity contribution is 5.75. The summed E-state index contributed by atoms with van der Waals surface area (Å²) in [6.45, 7) is 13.5. The van der Waals surface area contributed by atoms with Crippen LogP contribution in [0, 0.1) is 51.8 Å². The molecular formula is C33H55NO6. The minimum Gasteiger partial charge on any atom is -0.481 e. The molecule has 40 heavy (non-hydrogen) atoms. The zero-order valence-electron chi connectivity index (χ0n) is 25.9. The van der Waals surface area contributed by atoms with Gasteiger partial charge >= 0.3 is 18.0 Å². The van der Waals surface area contributed by atoms with Crippen LogP contribution >= 0.6 is 0 Å². The third-order valence-electron chi connectivity index (χ3n) is 12.5. The Morgan fingerprint density at radius 3 is 2.40 bits per heavy atom. The maximum Gasteiger partial charge on any atom is 0.407 e. The largest absolute Gasteiger partial charge is 0.481 e. The Morgan fingerprint density at radius 2 is 1.70 bits per heavy atom. The van der Waals surface area contributed by atoms with E-state index in [0.29, 0.717) is 35.0 Å². The van der Waals surface area contributed by atoms with Crippen LogP contribution in [-0.4, -0.2) is 42.4 Å². The summed E-state index contributed by atoms with van der Waals surface area (Å²) in [7, 11) is 0. The summed E-state index contributed by atoms with van der Waals surface area (Å²) in [5.41, 5.74) is 0.153. The fourth-order valence-electron chi connectivity index (χ4n) is 9.68. The third kappa shape index (κ3) is 6.18. The van der Waals surface area contributed by atoms with Crippen LogP contribution in [0.3, 0.4) is 0 Å². The van der Waals surface area contributed by atoms with Crippen LogP contribution in [0.25, 0.3) is 0 Å². The Balaban J connectivity index is 1.27. The van der Waals surface area contributed by atoms with E-state index in [-0.39, 0.29) is 31.6 Å². The number of ether oxygens (including phenoxy) is 2. The maximum absolute atomic E-state index is 12.5. The van der Waals surface area contributed by atoms with Crippen LogP contribution in [0.1, 0.15) is 119 Å². The van der Waals surface area contributed by atoms with E-state index in [9.17, 15) is 19.5 Å². The van der Waals surface area contributed by atoms with Gasteiger partial charge in [0.25, 0.3) is 0 Å². The molecule has 0 heterocycles. The van der Waals surface area contributed by atoms with Gasteiger partial charge in [0.15, 0.2) is 0 Å². The lowest BCUT2D eigenvalue weighted by atomic mass is 9.44. The minimum absolute atomic E-state index is 0.0454. The minimum atomic E-state index is -0.671.